The van der Waals surface area contributed by atoms with Crippen LogP contribution in [0.4, 0.5) is 5.69 Å². The molecular formula is C19H20Cl2N2O4S. The number of nitrogens with zero attached hydrogens (tertiary/aromatic N) is 1. The molecule has 1 N–H and O–H groups in total. The summed E-state index contributed by atoms with van der Waals surface area (Å²) >= 11 is 12.1. The number of carbonyl (C=O) groups excluding carboxylic acids is 1. The highest BCUT2D eigenvalue weighted by Gasteiger charge is 2.34. The van der Waals surface area contributed by atoms with Crippen molar-refractivity contribution in [1.82, 2.24) is 4.31 Å². The summed E-state index contributed by atoms with van der Waals surface area (Å²) in [7, 11) is -2.24. The molecule has 0 unspecified atom stereocenters. The van der Waals surface area contributed by atoms with E-state index in [0.717, 1.165) is 0 Å². The SMILES string of the molecule is COc1ccc(NC(=O)C2CCN(S(=O)(=O)c3c(Cl)cccc3Cl)CC2)cc1. The number of amides is 1. The molecule has 1 aliphatic heterocycles. The topological polar surface area (TPSA) is 75.7 Å². The van der Waals surface area contributed by atoms with Crippen molar-refractivity contribution in [2.24, 2.45) is 5.92 Å². The van der Waals surface area contributed by atoms with Crippen molar-refractivity contribution in [2.45, 2.75) is 17.7 Å². The molecule has 2 aromatic rings. The van der Waals surface area contributed by atoms with Gasteiger partial charge in [-0.1, -0.05) is 29.3 Å². The van der Waals surface area contributed by atoms with Gasteiger partial charge in [0.05, 0.1) is 17.2 Å². The molecule has 0 radical (unpaired) electrons. The molecule has 0 aromatic heterocycles. The fourth-order valence-electron chi connectivity index (χ4n) is 3.14. The fourth-order valence-corrected chi connectivity index (χ4v) is 5.70. The van der Waals surface area contributed by atoms with Crippen LogP contribution in [0.25, 0.3) is 0 Å². The maximum atomic E-state index is 12.9. The molecule has 0 bridgehead atoms. The van der Waals surface area contributed by atoms with E-state index in [9.17, 15) is 13.2 Å². The predicted molar refractivity (Wildman–Crippen MR) is 110 cm³/mol. The van der Waals surface area contributed by atoms with Gasteiger partial charge in [-0.2, -0.15) is 4.31 Å². The summed E-state index contributed by atoms with van der Waals surface area (Å²) in [5, 5.41) is 3.04. The van der Waals surface area contributed by atoms with Gasteiger partial charge < -0.3 is 10.1 Å². The smallest absolute Gasteiger partial charge is 0.246 e. The molecule has 3 rings (SSSR count). The molecule has 9 heteroatoms. The zero-order chi connectivity index (χ0) is 20.3. The first-order chi connectivity index (χ1) is 13.3. The van der Waals surface area contributed by atoms with E-state index < -0.39 is 10.0 Å². The molecule has 1 fully saturated rings. The summed E-state index contributed by atoms with van der Waals surface area (Å²) in [6.07, 6.45) is 0.840. The predicted octanol–water partition coefficient (Wildman–Crippen LogP) is 4.04. The first-order valence-electron chi connectivity index (χ1n) is 8.72. The van der Waals surface area contributed by atoms with Crippen molar-refractivity contribution in [1.29, 1.82) is 0 Å². The second-order valence-corrected chi connectivity index (χ2v) is 9.14. The van der Waals surface area contributed by atoms with E-state index in [4.69, 9.17) is 27.9 Å². The second kappa shape index (κ2) is 8.69. The number of methoxy groups -OCH3 is 1. The third-order valence-corrected chi connectivity index (χ3v) is 7.55. The van der Waals surface area contributed by atoms with Crippen molar-refractivity contribution in [3.05, 3.63) is 52.5 Å². The Kier molecular flexibility index (Phi) is 6.50. The van der Waals surface area contributed by atoms with Crippen LogP contribution in [0.1, 0.15) is 12.8 Å². The number of ether oxygens (including phenoxy) is 1. The number of hydrogen-bond donors (Lipinski definition) is 1. The van der Waals surface area contributed by atoms with Gasteiger partial charge in [-0.15, -0.1) is 0 Å². The number of halogens is 2. The minimum absolute atomic E-state index is 0.0838. The van der Waals surface area contributed by atoms with Crippen LogP contribution in [0.5, 0.6) is 5.75 Å². The molecule has 2 aromatic carbocycles. The van der Waals surface area contributed by atoms with Crippen molar-refractivity contribution in [3.63, 3.8) is 0 Å². The number of nitrogens with one attached hydrogen (secondary N) is 1. The average Bonchev–Trinajstić information content (AvgIpc) is 2.68. The van der Waals surface area contributed by atoms with Crippen LogP contribution in [0, 0.1) is 5.92 Å². The molecule has 6 nitrogen and oxygen atoms in total. The summed E-state index contributed by atoms with van der Waals surface area (Å²) in [6, 6.07) is 11.6. The van der Waals surface area contributed by atoms with Crippen LogP contribution in [0.15, 0.2) is 47.4 Å². The fraction of sp³-hybridized carbons (Fsp3) is 0.316. The van der Waals surface area contributed by atoms with Gasteiger partial charge in [0.1, 0.15) is 10.6 Å². The van der Waals surface area contributed by atoms with E-state index in [-0.39, 0.29) is 39.9 Å². The zero-order valence-electron chi connectivity index (χ0n) is 15.2. The highest BCUT2D eigenvalue weighted by molar-refractivity contribution is 7.89. The van der Waals surface area contributed by atoms with Crippen molar-refractivity contribution < 1.29 is 17.9 Å². The minimum atomic E-state index is -3.82. The van der Waals surface area contributed by atoms with E-state index >= 15 is 0 Å². The van der Waals surface area contributed by atoms with Gasteiger partial charge >= 0.3 is 0 Å². The lowest BCUT2D eigenvalue weighted by Crippen LogP contribution is -2.41. The lowest BCUT2D eigenvalue weighted by Gasteiger charge is -2.31. The Morgan fingerprint density at radius 1 is 1.07 bits per heavy atom. The van der Waals surface area contributed by atoms with Crippen molar-refractivity contribution >= 4 is 44.8 Å². The maximum absolute atomic E-state index is 12.9. The van der Waals surface area contributed by atoms with E-state index in [1.165, 1.54) is 16.4 Å². The Bertz CT molecular complexity index is 936. The summed E-state index contributed by atoms with van der Waals surface area (Å²) < 4.78 is 32.2. The number of benzene rings is 2. The van der Waals surface area contributed by atoms with Gasteiger partial charge in [0.25, 0.3) is 0 Å². The van der Waals surface area contributed by atoms with Gasteiger partial charge in [-0.05, 0) is 49.2 Å². The monoisotopic (exact) mass is 442 g/mol. The highest BCUT2D eigenvalue weighted by Crippen LogP contribution is 2.33. The van der Waals surface area contributed by atoms with E-state index in [2.05, 4.69) is 5.32 Å². The number of carbonyl (C=O) groups is 1. The van der Waals surface area contributed by atoms with Gasteiger partial charge in [-0.25, -0.2) is 8.42 Å². The van der Waals surface area contributed by atoms with E-state index in [1.807, 2.05) is 0 Å². The van der Waals surface area contributed by atoms with Gasteiger partial charge in [0.15, 0.2) is 0 Å². The lowest BCUT2D eigenvalue weighted by molar-refractivity contribution is -0.120. The van der Waals surface area contributed by atoms with Crippen LogP contribution in [0.3, 0.4) is 0 Å². The second-order valence-electron chi connectivity index (χ2n) is 6.45. The molecule has 1 amide bonds. The van der Waals surface area contributed by atoms with Crippen LogP contribution in [-0.4, -0.2) is 38.8 Å². The average molecular weight is 443 g/mol. The Morgan fingerprint density at radius 2 is 1.64 bits per heavy atom. The summed E-state index contributed by atoms with van der Waals surface area (Å²) in [5.41, 5.74) is 0.670. The molecule has 1 saturated heterocycles. The number of sulfonamides is 1. The minimum Gasteiger partial charge on any atom is -0.497 e. The summed E-state index contributed by atoms with van der Waals surface area (Å²) in [5.74, 6) is 0.308. The van der Waals surface area contributed by atoms with E-state index in [0.29, 0.717) is 24.3 Å². The third-order valence-electron chi connectivity index (χ3n) is 4.70. The van der Waals surface area contributed by atoms with Crippen LogP contribution in [0.2, 0.25) is 10.0 Å². The number of anilines is 1. The zero-order valence-corrected chi connectivity index (χ0v) is 17.5. The molecule has 1 aliphatic rings. The van der Waals surface area contributed by atoms with Crippen LogP contribution < -0.4 is 10.1 Å². The Morgan fingerprint density at radius 3 is 2.18 bits per heavy atom. The Balaban J connectivity index is 1.64. The number of piperidine rings is 1. The molecule has 0 atom stereocenters. The first-order valence-corrected chi connectivity index (χ1v) is 10.9. The van der Waals surface area contributed by atoms with Crippen LogP contribution >= 0.6 is 23.2 Å². The molecule has 150 valence electrons. The highest BCUT2D eigenvalue weighted by atomic mass is 35.5. The maximum Gasteiger partial charge on any atom is 0.246 e. The van der Waals surface area contributed by atoms with Gasteiger partial charge in [0.2, 0.25) is 15.9 Å². The molecule has 0 spiro atoms. The Hall–Kier alpha value is -1.80. The van der Waals surface area contributed by atoms with Crippen molar-refractivity contribution in [2.75, 3.05) is 25.5 Å². The molecular weight excluding hydrogens is 423 g/mol. The lowest BCUT2D eigenvalue weighted by atomic mass is 9.97. The molecule has 0 aliphatic carbocycles. The van der Waals surface area contributed by atoms with Crippen LogP contribution in [-0.2, 0) is 14.8 Å². The third kappa shape index (κ3) is 4.43. The molecule has 28 heavy (non-hydrogen) atoms. The number of rotatable bonds is 5. The van der Waals surface area contributed by atoms with E-state index in [1.54, 1.807) is 37.4 Å². The van der Waals surface area contributed by atoms with Gasteiger partial charge in [0, 0.05) is 24.7 Å². The normalized spacial score (nSPS) is 16.0. The quantitative estimate of drug-likeness (QED) is 0.757. The molecule has 1 heterocycles. The Labute approximate surface area is 174 Å². The van der Waals surface area contributed by atoms with Crippen molar-refractivity contribution in [3.8, 4) is 5.75 Å². The standard InChI is InChI=1S/C19H20Cl2N2O4S/c1-27-15-7-5-14(6-8-15)22-19(24)13-9-11-23(12-10-13)28(25,26)18-16(20)3-2-4-17(18)21/h2-8,13H,9-12H2,1H3,(H,22,24). The first kappa shape index (κ1) is 20.9. The summed E-state index contributed by atoms with van der Waals surface area (Å²) in [4.78, 5) is 12.4. The molecule has 0 saturated carbocycles. The largest absolute Gasteiger partial charge is 0.497 e. The summed E-state index contributed by atoms with van der Waals surface area (Å²) in [6.45, 7) is 0.454. The number of hydrogen-bond acceptors (Lipinski definition) is 4. The van der Waals surface area contributed by atoms with Gasteiger partial charge in [-0.3, -0.25) is 4.79 Å².